The molecule has 0 aliphatic rings. The van der Waals surface area contributed by atoms with Gasteiger partial charge in [-0.3, -0.25) is 0 Å². The van der Waals surface area contributed by atoms with Gasteiger partial charge < -0.3 is 25.5 Å². The summed E-state index contributed by atoms with van der Waals surface area (Å²) in [7, 11) is 0. The lowest BCUT2D eigenvalue weighted by atomic mass is 9.94. The first kappa shape index (κ1) is 13.8. The monoisotopic (exact) mass is 208 g/mol. The summed E-state index contributed by atoms with van der Waals surface area (Å²) in [6.45, 7) is 3.11. The molecule has 86 valence electrons. The summed E-state index contributed by atoms with van der Waals surface area (Å²) in [6, 6.07) is 0. The summed E-state index contributed by atoms with van der Waals surface area (Å²) in [6.07, 6.45) is -5.15. The van der Waals surface area contributed by atoms with E-state index in [0.29, 0.717) is 0 Å². The zero-order chi connectivity index (χ0) is 11.3. The van der Waals surface area contributed by atoms with Crippen LogP contribution in [0.3, 0.4) is 0 Å². The molecule has 0 rings (SSSR count). The van der Waals surface area contributed by atoms with Crippen LogP contribution in [0, 0.1) is 5.92 Å². The average Bonchev–Trinajstić information content (AvgIpc) is 2.14. The largest absolute Gasteiger partial charge is 0.396 e. The molecule has 5 heteroatoms. The van der Waals surface area contributed by atoms with E-state index in [2.05, 4.69) is 0 Å². The van der Waals surface area contributed by atoms with E-state index in [1.807, 2.05) is 0 Å². The summed E-state index contributed by atoms with van der Waals surface area (Å²) >= 11 is 0. The van der Waals surface area contributed by atoms with E-state index < -0.39 is 24.4 Å². The third-order valence-corrected chi connectivity index (χ3v) is 2.20. The zero-order valence-corrected chi connectivity index (χ0v) is 8.54. The highest BCUT2D eigenvalue weighted by atomic mass is 16.4. The first-order valence-corrected chi connectivity index (χ1v) is 4.75. The van der Waals surface area contributed by atoms with Crippen LogP contribution in [0.1, 0.15) is 20.3 Å². The van der Waals surface area contributed by atoms with Gasteiger partial charge in [-0.05, 0) is 12.3 Å². The van der Waals surface area contributed by atoms with Crippen LogP contribution in [0.2, 0.25) is 0 Å². The van der Waals surface area contributed by atoms with Crippen molar-refractivity contribution in [1.29, 1.82) is 0 Å². The normalized spacial score (nSPS) is 20.6. The van der Waals surface area contributed by atoms with Gasteiger partial charge in [0.15, 0.2) is 0 Å². The SMILES string of the molecule is CC(C)[C@H](O)[C@H](O)C(O)[C@H](O)CCO. The lowest BCUT2D eigenvalue weighted by Crippen LogP contribution is -2.46. The van der Waals surface area contributed by atoms with E-state index in [9.17, 15) is 20.4 Å². The molecule has 0 fully saturated rings. The number of aliphatic hydroxyl groups excluding tert-OH is 5. The molecule has 0 aliphatic heterocycles. The van der Waals surface area contributed by atoms with Gasteiger partial charge in [0.25, 0.3) is 0 Å². The Bertz CT molecular complexity index is 150. The molecule has 0 spiro atoms. The van der Waals surface area contributed by atoms with Crippen molar-refractivity contribution < 1.29 is 25.5 Å². The Hall–Kier alpha value is -0.200. The number of hydrogen-bond acceptors (Lipinski definition) is 5. The third kappa shape index (κ3) is 3.89. The minimum Gasteiger partial charge on any atom is -0.396 e. The molecular formula is C9H20O5. The van der Waals surface area contributed by atoms with Crippen molar-refractivity contribution >= 4 is 0 Å². The zero-order valence-electron chi connectivity index (χ0n) is 8.54. The quantitative estimate of drug-likeness (QED) is 0.364. The van der Waals surface area contributed by atoms with Crippen molar-refractivity contribution in [3.05, 3.63) is 0 Å². The number of hydrogen-bond donors (Lipinski definition) is 5. The molecule has 0 radical (unpaired) electrons. The molecule has 0 heterocycles. The fraction of sp³-hybridized carbons (Fsp3) is 1.00. The second-order valence-electron chi connectivity index (χ2n) is 3.80. The molecule has 0 amide bonds. The fourth-order valence-corrected chi connectivity index (χ4v) is 1.13. The Morgan fingerprint density at radius 1 is 0.857 bits per heavy atom. The summed E-state index contributed by atoms with van der Waals surface area (Å²) in [4.78, 5) is 0. The van der Waals surface area contributed by atoms with Crippen LogP contribution >= 0.6 is 0 Å². The van der Waals surface area contributed by atoms with Gasteiger partial charge in [-0.1, -0.05) is 13.8 Å². The molecule has 0 saturated heterocycles. The Morgan fingerprint density at radius 3 is 1.71 bits per heavy atom. The predicted molar refractivity (Wildman–Crippen MR) is 50.6 cm³/mol. The van der Waals surface area contributed by atoms with Crippen LogP contribution in [0.5, 0.6) is 0 Å². The van der Waals surface area contributed by atoms with Gasteiger partial charge in [-0.15, -0.1) is 0 Å². The molecule has 1 unspecified atom stereocenters. The predicted octanol–water partition coefficient (Wildman–Crippen LogP) is -1.53. The molecular weight excluding hydrogens is 188 g/mol. The van der Waals surface area contributed by atoms with Gasteiger partial charge in [-0.25, -0.2) is 0 Å². The first-order valence-electron chi connectivity index (χ1n) is 4.75. The smallest absolute Gasteiger partial charge is 0.108 e. The van der Waals surface area contributed by atoms with Gasteiger partial charge in [0.05, 0.1) is 12.2 Å². The number of rotatable bonds is 6. The van der Waals surface area contributed by atoms with E-state index in [4.69, 9.17) is 5.11 Å². The van der Waals surface area contributed by atoms with Gasteiger partial charge in [0.1, 0.15) is 12.2 Å². The minimum absolute atomic E-state index is 0.0248. The molecule has 5 nitrogen and oxygen atoms in total. The highest BCUT2D eigenvalue weighted by Crippen LogP contribution is 2.13. The van der Waals surface area contributed by atoms with Crippen molar-refractivity contribution in [2.24, 2.45) is 5.92 Å². The lowest BCUT2D eigenvalue weighted by molar-refractivity contribution is -0.118. The van der Waals surface area contributed by atoms with E-state index in [1.54, 1.807) is 13.8 Å². The van der Waals surface area contributed by atoms with Crippen LogP contribution in [0.15, 0.2) is 0 Å². The highest BCUT2D eigenvalue weighted by molar-refractivity contribution is 4.82. The standard InChI is InChI=1S/C9H20O5/c1-5(2)7(12)9(14)8(13)6(11)3-4-10/h5-14H,3-4H2,1-2H3/t6-,7+,8?,9+/m1/s1. The van der Waals surface area contributed by atoms with E-state index in [-0.39, 0.29) is 18.9 Å². The van der Waals surface area contributed by atoms with Crippen molar-refractivity contribution in [3.8, 4) is 0 Å². The highest BCUT2D eigenvalue weighted by Gasteiger charge is 2.31. The van der Waals surface area contributed by atoms with E-state index in [1.165, 1.54) is 0 Å². The molecule has 0 aromatic carbocycles. The maximum atomic E-state index is 9.41. The summed E-state index contributed by atoms with van der Waals surface area (Å²) in [5.41, 5.74) is 0. The molecule has 0 aromatic heterocycles. The first-order chi connectivity index (χ1) is 6.41. The van der Waals surface area contributed by atoms with Crippen LogP contribution < -0.4 is 0 Å². The average molecular weight is 208 g/mol. The van der Waals surface area contributed by atoms with Crippen LogP contribution in [-0.2, 0) is 0 Å². The third-order valence-electron chi connectivity index (χ3n) is 2.20. The van der Waals surface area contributed by atoms with Crippen molar-refractivity contribution in [3.63, 3.8) is 0 Å². The Kier molecular flexibility index (Phi) is 6.22. The molecule has 14 heavy (non-hydrogen) atoms. The Labute approximate surface area is 83.6 Å². The van der Waals surface area contributed by atoms with Crippen molar-refractivity contribution in [2.75, 3.05) is 6.61 Å². The molecule has 4 atom stereocenters. The fourth-order valence-electron chi connectivity index (χ4n) is 1.13. The summed E-state index contributed by atoms with van der Waals surface area (Å²) in [5, 5.41) is 45.9. The summed E-state index contributed by atoms with van der Waals surface area (Å²) in [5.74, 6) is -0.207. The van der Waals surface area contributed by atoms with Crippen molar-refractivity contribution in [2.45, 2.75) is 44.7 Å². The van der Waals surface area contributed by atoms with Crippen LogP contribution in [0.25, 0.3) is 0 Å². The lowest BCUT2D eigenvalue weighted by Gasteiger charge is -2.28. The van der Waals surface area contributed by atoms with Gasteiger partial charge in [0, 0.05) is 6.61 Å². The van der Waals surface area contributed by atoms with E-state index >= 15 is 0 Å². The molecule has 0 aromatic rings. The Morgan fingerprint density at radius 2 is 1.36 bits per heavy atom. The van der Waals surface area contributed by atoms with Crippen LogP contribution in [-0.4, -0.2) is 56.6 Å². The molecule has 0 aliphatic carbocycles. The van der Waals surface area contributed by atoms with Crippen molar-refractivity contribution in [1.82, 2.24) is 0 Å². The van der Waals surface area contributed by atoms with Gasteiger partial charge in [-0.2, -0.15) is 0 Å². The molecule has 5 N–H and O–H groups in total. The van der Waals surface area contributed by atoms with E-state index in [0.717, 1.165) is 0 Å². The second kappa shape index (κ2) is 6.31. The summed E-state index contributed by atoms with van der Waals surface area (Å²) < 4.78 is 0. The second-order valence-corrected chi connectivity index (χ2v) is 3.80. The minimum atomic E-state index is -1.43. The molecule has 0 saturated carbocycles. The van der Waals surface area contributed by atoms with Crippen LogP contribution in [0.4, 0.5) is 0 Å². The van der Waals surface area contributed by atoms with Gasteiger partial charge in [0.2, 0.25) is 0 Å². The maximum absolute atomic E-state index is 9.41. The Balaban J connectivity index is 4.15. The maximum Gasteiger partial charge on any atom is 0.108 e. The number of aliphatic hydroxyl groups is 5. The van der Waals surface area contributed by atoms with Gasteiger partial charge >= 0.3 is 0 Å². The molecule has 0 bridgehead atoms. The topological polar surface area (TPSA) is 101 Å².